The maximum absolute atomic E-state index is 12.4. The summed E-state index contributed by atoms with van der Waals surface area (Å²) < 4.78 is 10.6. The second-order valence-electron chi connectivity index (χ2n) is 7.07. The van der Waals surface area contributed by atoms with E-state index >= 15 is 0 Å². The number of amides is 2. The van der Waals surface area contributed by atoms with Crippen molar-refractivity contribution in [3.63, 3.8) is 0 Å². The zero-order valence-corrected chi connectivity index (χ0v) is 14.9. The monoisotopic (exact) mass is 350 g/mol. The van der Waals surface area contributed by atoms with Gasteiger partial charge in [0.25, 0.3) is 0 Å². The van der Waals surface area contributed by atoms with E-state index in [4.69, 9.17) is 9.47 Å². The molecular formula is C18H26N2O5. The smallest absolute Gasteiger partial charge is 0.411 e. The maximum atomic E-state index is 12.4. The summed E-state index contributed by atoms with van der Waals surface area (Å²) in [6, 6.07) is 9.35. The number of hydrogen-bond acceptors (Lipinski definition) is 5. The molecule has 0 aliphatic carbocycles. The standard InChI is InChI=1S/C18H26N2O5/c1-18(2,3)25-16(22)19-15-11-14(21)9-10-20(15)17(23)24-12-13-7-5-4-6-8-13/h4-8,14-15,21H,9-12H2,1-3H3,(H,19,22). The summed E-state index contributed by atoms with van der Waals surface area (Å²) in [6.07, 6.45) is -1.74. The first kappa shape index (κ1) is 19.1. The predicted octanol–water partition coefficient (Wildman–Crippen LogP) is 2.63. The molecule has 1 heterocycles. The Labute approximate surface area is 147 Å². The summed E-state index contributed by atoms with van der Waals surface area (Å²) in [5.41, 5.74) is 0.236. The van der Waals surface area contributed by atoms with Gasteiger partial charge in [0.1, 0.15) is 18.4 Å². The van der Waals surface area contributed by atoms with Crippen LogP contribution in [0.25, 0.3) is 0 Å². The van der Waals surface area contributed by atoms with Crippen LogP contribution in [0.5, 0.6) is 0 Å². The van der Waals surface area contributed by atoms with Crippen molar-refractivity contribution in [3.05, 3.63) is 35.9 Å². The lowest BCUT2D eigenvalue weighted by atomic mass is 10.1. The highest BCUT2D eigenvalue weighted by atomic mass is 16.6. The number of ether oxygens (including phenoxy) is 2. The average molecular weight is 350 g/mol. The van der Waals surface area contributed by atoms with Crippen LogP contribution >= 0.6 is 0 Å². The van der Waals surface area contributed by atoms with E-state index in [1.807, 2.05) is 30.3 Å². The van der Waals surface area contributed by atoms with Crippen molar-refractivity contribution in [1.29, 1.82) is 0 Å². The van der Waals surface area contributed by atoms with Gasteiger partial charge in [-0.15, -0.1) is 0 Å². The molecule has 0 bridgehead atoms. The van der Waals surface area contributed by atoms with Gasteiger partial charge < -0.3 is 19.9 Å². The van der Waals surface area contributed by atoms with Crippen LogP contribution in [0.1, 0.15) is 39.2 Å². The molecule has 2 N–H and O–H groups in total. The van der Waals surface area contributed by atoms with Crippen LogP contribution < -0.4 is 5.32 Å². The zero-order valence-electron chi connectivity index (χ0n) is 14.9. The van der Waals surface area contributed by atoms with Gasteiger partial charge in [0.15, 0.2) is 0 Å². The zero-order chi connectivity index (χ0) is 18.4. The topological polar surface area (TPSA) is 88.1 Å². The summed E-state index contributed by atoms with van der Waals surface area (Å²) in [5, 5.41) is 12.5. The Morgan fingerprint density at radius 1 is 1.28 bits per heavy atom. The van der Waals surface area contributed by atoms with Gasteiger partial charge in [0.05, 0.1) is 6.10 Å². The van der Waals surface area contributed by atoms with Gasteiger partial charge in [0, 0.05) is 13.0 Å². The van der Waals surface area contributed by atoms with Gasteiger partial charge in [-0.1, -0.05) is 30.3 Å². The van der Waals surface area contributed by atoms with Crippen molar-refractivity contribution >= 4 is 12.2 Å². The fourth-order valence-corrected chi connectivity index (χ4v) is 2.55. The molecule has 25 heavy (non-hydrogen) atoms. The number of rotatable bonds is 3. The number of aliphatic hydroxyl groups excluding tert-OH is 1. The quantitative estimate of drug-likeness (QED) is 0.875. The summed E-state index contributed by atoms with van der Waals surface area (Å²) in [6.45, 7) is 5.73. The van der Waals surface area contributed by atoms with E-state index in [-0.39, 0.29) is 13.0 Å². The van der Waals surface area contributed by atoms with Crippen molar-refractivity contribution in [2.24, 2.45) is 0 Å². The third-order valence-corrected chi connectivity index (χ3v) is 3.70. The van der Waals surface area contributed by atoms with E-state index in [0.717, 1.165) is 5.56 Å². The number of aliphatic hydroxyl groups is 1. The first-order chi connectivity index (χ1) is 11.7. The highest BCUT2D eigenvalue weighted by Gasteiger charge is 2.34. The minimum absolute atomic E-state index is 0.151. The maximum Gasteiger partial charge on any atom is 0.411 e. The number of alkyl carbamates (subject to hydrolysis) is 1. The second kappa shape index (κ2) is 8.20. The van der Waals surface area contributed by atoms with E-state index in [0.29, 0.717) is 13.0 Å². The fraction of sp³-hybridized carbons (Fsp3) is 0.556. The lowest BCUT2D eigenvalue weighted by Gasteiger charge is -2.37. The van der Waals surface area contributed by atoms with Gasteiger partial charge in [-0.2, -0.15) is 0 Å². The molecule has 2 rings (SSSR count). The number of piperidine rings is 1. The van der Waals surface area contributed by atoms with Crippen molar-refractivity contribution in [2.45, 2.75) is 58.1 Å². The molecule has 0 aromatic heterocycles. The summed E-state index contributed by atoms with van der Waals surface area (Å²) in [5.74, 6) is 0. The van der Waals surface area contributed by atoms with Crippen molar-refractivity contribution in [1.82, 2.24) is 10.2 Å². The lowest BCUT2D eigenvalue weighted by Crippen LogP contribution is -2.56. The van der Waals surface area contributed by atoms with E-state index in [1.165, 1.54) is 4.90 Å². The normalized spacial score (nSPS) is 20.7. The van der Waals surface area contributed by atoms with Crippen LogP contribution in [0.2, 0.25) is 0 Å². The third kappa shape index (κ3) is 6.26. The minimum atomic E-state index is -0.665. The van der Waals surface area contributed by atoms with Crippen LogP contribution in [0, 0.1) is 0 Å². The second-order valence-corrected chi connectivity index (χ2v) is 7.07. The molecule has 0 radical (unpaired) electrons. The summed E-state index contributed by atoms with van der Waals surface area (Å²) in [4.78, 5) is 25.8. The molecule has 1 aromatic rings. The predicted molar refractivity (Wildman–Crippen MR) is 91.7 cm³/mol. The third-order valence-electron chi connectivity index (χ3n) is 3.70. The highest BCUT2D eigenvalue weighted by Crippen LogP contribution is 2.18. The lowest BCUT2D eigenvalue weighted by molar-refractivity contribution is 0.00605. The highest BCUT2D eigenvalue weighted by molar-refractivity contribution is 5.71. The minimum Gasteiger partial charge on any atom is -0.444 e. The van der Waals surface area contributed by atoms with Gasteiger partial charge in [-0.25, -0.2) is 9.59 Å². The molecule has 1 aliphatic rings. The number of benzene rings is 1. The first-order valence-corrected chi connectivity index (χ1v) is 8.39. The van der Waals surface area contributed by atoms with E-state index in [1.54, 1.807) is 20.8 Å². The molecule has 1 aliphatic heterocycles. The number of carbonyl (C=O) groups excluding carboxylic acids is 2. The number of nitrogens with zero attached hydrogens (tertiary/aromatic N) is 1. The molecule has 1 aromatic carbocycles. The van der Waals surface area contributed by atoms with Crippen molar-refractivity contribution in [2.75, 3.05) is 6.54 Å². The van der Waals surface area contributed by atoms with Crippen LogP contribution in [-0.4, -0.2) is 46.6 Å². The van der Waals surface area contributed by atoms with Gasteiger partial charge in [-0.05, 0) is 32.8 Å². The first-order valence-electron chi connectivity index (χ1n) is 8.39. The molecule has 0 saturated carbocycles. The molecule has 7 heteroatoms. The Bertz CT molecular complexity index is 585. The van der Waals surface area contributed by atoms with Crippen LogP contribution in [0.15, 0.2) is 30.3 Å². The Kier molecular flexibility index (Phi) is 6.25. The van der Waals surface area contributed by atoms with E-state index in [2.05, 4.69) is 5.32 Å². The molecule has 2 unspecified atom stereocenters. The molecule has 0 spiro atoms. The SMILES string of the molecule is CC(C)(C)OC(=O)NC1CC(O)CCN1C(=O)OCc1ccccc1. The average Bonchev–Trinajstić information content (AvgIpc) is 2.52. The molecule has 138 valence electrons. The molecule has 7 nitrogen and oxygen atoms in total. The van der Waals surface area contributed by atoms with Crippen LogP contribution in [0.4, 0.5) is 9.59 Å². The summed E-state index contributed by atoms with van der Waals surface area (Å²) in [7, 11) is 0. The Balaban J connectivity index is 1.95. The van der Waals surface area contributed by atoms with Crippen LogP contribution in [0.3, 0.4) is 0 Å². The van der Waals surface area contributed by atoms with E-state index < -0.39 is 30.1 Å². The number of likely N-dealkylation sites (tertiary alicyclic amines) is 1. The molecule has 2 atom stereocenters. The number of hydrogen-bond donors (Lipinski definition) is 2. The van der Waals surface area contributed by atoms with Crippen LogP contribution in [-0.2, 0) is 16.1 Å². The van der Waals surface area contributed by atoms with Gasteiger partial charge in [0.2, 0.25) is 0 Å². The Hall–Kier alpha value is -2.28. The van der Waals surface area contributed by atoms with E-state index in [9.17, 15) is 14.7 Å². The Morgan fingerprint density at radius 3 is 2.60 bits per heavy atom. The largest absolute Gasteiger partial charge is 0.444 e. The molecular weight excluding hydrogens is 324 g/mol. The van der Waals surface area contributed by atoms with Gasteiger partial charge >= 0.3 is 12.2 Å². The number of nitrogens with one attached hydrogen (secondary N) is 1. The Morgan fingerprint density at radius 2 is 1.96 bits per heavy atom. The molecule has 1 saturated heterocycles. The number of carbonyl (C=O) groups is 2. The molecule has 1 fully saturated rings. The van der Waals surface area contributed by atoms with Crippen molar-refractivity contribution < 1.29 is 24.2 Å². The fourth-order valence-electron chi connectivity index (χ4n) is 2.55. The molecule has 2 amide bonds. The van der Waals surface area contributed by atoms with Crippen molar-refractivity contribution in [3.8, 4) is 0 Å². The summed E-state index contributed by atoms with van der Waals surface area (Å²) >= 11 is 0. The van der Waals surface area contributed by atoms with Gasteiger partial charge in [-0.3, -0.25) is 4.90 Å².